The topological polar surface area (TPSA) is 35.6 Å². The molecule has 1 heterocycles. The summed E-state index contributed by atoms with van der Waals surface area (Å²) in [6.45, 7) is 2.16. The zero-order valence-electron chi connectivity index (χ0n) is 12.0. The van der Waals surface area contributed by atoms with Crippen LogP contribution in [-0.2, 0) is 4.79 Å². The standard InChI is InChI=1S/C14H27N3O/c1-15-12-6-4-11(5-7-12)14(18)17(3)13-8-9-16(2)10-13/h11-13,15H,4-10H2,1-3H3. The summed E-state index contributed by atoms with van der Waals surface area (Å²) < 4.78 is 0. The molecule has 4 heteroatoms. The first-order chi connectivity index (χ1) is 8.61. The smallest absolute Gasteiger partial charge is 0.225 e. The van der Waals surface area contributed by atoms with Gasteiger partial charge in [-0.2, -0.15) is 0 Å². The molecule has 4 nitrogen and oxygen atoms in total. The fraction of sp³-hybridized carbons (Fsp3) is 0.929. The molecule has 1 saturated carbocycles. The van der Waals surface area contributed by atoms with Crippen LogP contribution in [0.15, 0.2) is 0 Å². The fourth-order valence-corrected chi connectivity index (χ4v) is 3.32. The number of amides is 1. The Kier molecular flexibility index (Phi) is 4.62. The molecule has 2 aliphatic rings. The Morgan fingerprint density at radius 1 is 1.22 bits per heavy atom. The predicted molar refractivity (Wildman–Crippen MR) is 73.5 cm³/mol. The largest absolute Gasteiger partial charge is 0.341 e. The van der Waals surface area contributed by atoms with E-state index in [2.05, 4.69) is 17.3 Å². The molecule has 0 bridgehead atoms. The molecule has 0 aromatic carbocycles. The van der Waals surface area contributed by atoms with Gasteiger partial charge in [-0.05, 0) is 52.7 Å². The van der Waals surface area contributed by atoms with Gasteiger partial charge in [0.1, 0.15) is 0 Å². The van der Waals surface area contributed by atoms with Gasteiger partial charge in [0, 0.05) is 31.6 Å². The summed E-state index contributed by atoms with van der Waals surface area (Å²) >= 11 is 0. The van der Waals surface area contributed by atoms with Crippen LogP contribution in [0.25, 0.3) is 0 Å². The third-order valence-electron chi connectivity index (χ3n) is 4.75. The zero-order valence-corrected chi connectivity index (χ0v) is 12.0. The Labute approximate surface area is 111 Å². The van der Waals surface area contributed by atoms with Crippen LogP contribution in [0, 0.1) is 5.92 Å². The molecule has 1 amide bonds. The maximum atomic E-state index is 12.5. The maximum absolute atomic E-state index is 12.5. The first-order valence-corrected chi connectivity index (χ1v) is 7.24. The van der Waals surface area contributed by atoms with Crippen LogP contribution in [0.4, 0.5) is 0 Å². The predicted octanol–water partition coefficient (Wildman–Crippen LogP) is 0.927. The average Bonchev–Trinajstić information content (AvgIpc) is 2.84. The van der Waals surface area contributed by atoms with E-state index in [1.165, 1.54) is 0 Å². The number of rotatable bonds is 3. The Morgan fingerprint density at radius 3 is 2.39 bits per heavy atom. The number of likely N-dealkylation sites (N-methyl/N-ethyl adjacent to an activating group) is 2. The lowest BCUT2D eigenvalue weighted by molar-refractivity contribution is -0.137. The van der Waals surface area contributed by atoms with Crippen LogP contribution >= 0.6 is 0 Å². The number of nitrogens with one attached hydrogen (secondary N) is 1. The highest BCUT2D eigenvalue weighted by molar-refractivity contribution is 5.79. The van der Waals surface area contributed by atoms with Crippen molar-refractivity contribution >= 4 is 5.91 Å². The van der Waals surface area contributed by atoms with Crippen LogP contribution in [0.5, 0.6) is 0 Å². The van der Waals surface area contributed by atoms with Crippen molar-refractivity contribution in [1.82, 2.24) is 15.1 Å². The lowest BCUT2D eigenvalue weighted by Gasteiger charge is -2.33. The summed E-state index contributed by atoms with van der Waals surface area (Å²) in [5.41, 5.74) is 0. The minimum absolute atomic E-state index is 0.269. The van der Waals surface area contributed by atoms with Crippen LogP contribution in [0.1, 0.15) is 32.1 Å². The zero-order chi connectivity index (χ0) is 13.1. The molecule has 1 saturated heterocycles. The van der Waals surface area contributed by atoms with Crippen molar-refractivity contribution in [1.29, 1.82) is 0 Å². The van der Waals surface area contributed by atoms with E-state index < -0.39 is 0 Å². The first-order valence-electron chi connectivity index (χ1n) is 7.24. The number of carbonyl (C=O) groups excluding carboxylic acids is 1. The summed E-state index contributed by atoms with van der Waals surface area (Å²) in [5.74, 6) is 0.648. The molecule has 1 aliphatic carbocycles. The van der Waals surface area contributed by atoms with Gasteiger partial charge in [-0.3, -0.25) is 4.79 Å². The highest BCUT2D eigenvalue weighted by Gasteiger charge is 2.32. The van der Waals surface area contributed by atoms with Gasteiger partial charge in [0.15, 0.2) is 0 Å². The first kappa shape index (κ1) is 13.8. The Morgan fingerprint density at radius 2 is 1.89 bits per heavy atom. The van der Waals surface area contributed by atoms with E-state index >= 15 is 0 Å². The van der Waals surface area contributed by atoms with Gasteiger partial charge in [-0.25, -0.2) is 0 Å². The molecular formula is C14H27N3O. The summed E-state index contributed by atoms with van der Waals surface area (Å²) in [5, 5.41) is 3.32. The second-order valence-corrected chi connectivity index (χ2v) is 5.99. The van der Waals surface area contributed by atoms with Crippen molar-refractivity contribution in [3.05, 3.63) is 0 Å². The van der Waals surface area contributed by atoms with Crippen LogP contribution in [-0.4, -0.2) is 62.0 Å². The van der Waals surface area contributed by atoms with Crippen molar-refractivity contribution in [2.45, 2.75) is 44.2 Å². The third kappa shape index (κ3) is 3.04. The molecule has 1 atom stereocenters. The van der Waals surface area contributed by atoms with E-state index in [0.29, 0.717) is 18.0 Å². The lowest BCUT2D eigenvalue weighted by atomic mass is 9.85. The fourth-order valence-electron chi connectivity index (χ4n) is 3.32. The minimum Gasteiger partial charge on any atom is -0.341 e. The minimum atomic E-state index is 0.269. The molecule has 0 radical (unpaired) electrons. The third-order valence-corrected chi connectivity index (χ3v) is 4.75. The SMILES string of the molecule is CNC1CCC(C(=O)N(C)C2CCN(C)C2)CC1. The van der Waals surface area contributed by atoms with Gasteiger partial charge in [-0.15, -0.1) is 0 Å². The second-order valence-electron chi connectivity index (χ2n) is 5.99. The van der Waals surface area contributed by atoms with E-state index in [-0.39, 0.29) is 5.92 Å². The summed E-state index contributed by atoms with van der Waals surface area (Å²) in [6.07, 6.45) is 5.52. The van der Waals surface area contributed by atoms with Crippen molar-refractivity contribution in [2.24, 2.45) is 5.92 Å². The van der Waals surface area contributed by atoms with E-state index in [1.807, 2.05) is 19.0 Å². The van der Waals surface area contributed by atoms with Gasteiger partial charge < -0.3 is 15.1 Å². The molecule has 104 valence electrons. The summed E-state index contributed by atoms with van der Waals surface area (Å²) in [4.78, 5) is 16.8. The Balaban J connectivity index is 1.84. The van der Waals surface area contributed by atoms with E-state index in [0.717, 1.165) is 45.2 Å². The summed E-state index contributed by atoms with van der Waals surface area (Å²) in [7, 11) is 6.15. The van der Waals surface area contributed by atoms with Crippen LogP contribution in [0.3, 0.4) is 0 Å². The number of hydrogen-bond acceptors (Lipinski definition) is 3. The normalized spacial score (nSPS) is 33.6. The molecule has 18 heavy (non-hydrogen) atoms. The molecule has 1 unspecified atom stereocenters. The van der Waals surface area contributed by atoms with E-state index in [4.69, 9.17) is 0 Å². The highest BCUT2D eigenvalue weighted by atomic mass is 16.2. The van der Waals surface area contributed by atoms with Crippen molar-refractivity contribution in [3.8, 4) is 0 Å². The molecule has 0 aromatic heterocycles. The molecular weight excluding hydrogens is 226 g/mol. The number of hydrogen-bond donors (Lipinski definition) is 1. The monoisotopic (exact) mass is 253 g/mol. The number of nitrogens with zero attached hydrogens (tertiary/aromatic N) is 2. The van der Waals surface area contributed by atoms with Gasteiger partial charge >= 0.3 is 0 Å². The van der Waals surface area contributed by atoms with E-state index in [9.17, 15) is 4.79 Å². The quantitative estimate of drug-likeness (QED) is 0.812. The van der Waals surface area contributed by atoms with Gasteiger partial charge in [-0.1, -0.05) is 0 Å². The highest BCUT2D eigenvalue weighted by Crippen LogP contribution is 2.27. The van der Waals surface area contributed by atoms with Gasteiger partial charge in [0.05, 0.1) is 0 Å². The molecule has 2 fully saturated rings. The molecule has 2 rings (SSSR count). The van der Waals surface area contributed by atoms with Crippen LogP contribution < -0.4 is 5.32 Å². The summed E-state index contributed by atoms with van der Waals surface area (Å²) in [6, 6.07) is 1.06. The molecule has 1 N–H and O–H groups in total. The lowest BCUT2D eigenvalue weighted by Crippen LogP contribution is -2.44. The van der Waals surface area contributed by atoms with Gasteiger partial charge in [0.25, 0.3) is 0 Å². The average molecular weight is 253 g/mol. The number of carbonyl (C=O) groups is 1. The Hall–Kier alpha value is -0.610. The number of likely N-dealkylation sites (tertiary alicyclic amines) is 1. The molecule has 1 aliphatic heterocycles. The van der Waals surface area contributed by atoms with Gasteiger partial charge in [0.2, 0.25) is 5.91 Å². The molecule has 0 aromatic rings. The van der Waals surface area contributed by atoms with Crippen molar-refractivity contribution in [3.63, 3.8) is 0 Å². The van der Waals surface area contributed by atoms with Crippen LogP contribution in [0.2, 0.25) is 0 Å². The van der Waals surface area contributed by atoms with E-state index in [1.54, 1.807) is 0 Å². The Bertz CT molecular complexity index is 287. The van der Waals surface area contributed by atoms with Crippen molar-refractivity contribution < 1.29 is 4.79 Å². The second kappa shape index (κ2) is 6.02. The van der Waals surface area contributed by atoms with Crippen molar-refractivity contribution in [2.75, 3.05) is 34.2 Å². The maximum Gasteiger partial charge on any atom is 0.225 e. The molecule has 0 spiro atoms.